The Morgan fingerprint density at radius 1 is 1.37 bits per heavy atom. The van der Waals surface area contributed by atoms with Gasteiger partial charge in [0.1, 0.15) is 6.54 Å². The summed E-state index contributed by atoms with van der Waals surface area (Å²) in [6.07, 6.45) is 3.19. The fourth-order valence-corrected chi connectivity index (χ4v) is 1.92. The van der Waals surface area contributed by atoms with E-state index in [1.807, 2.05) is 38.1 Å². The Morgan fingerprint density at radius 2 is 2.05 bits per heavy atom. The van der Waals surface area contributed by atoms with Crippen LogP contribution >= 0.6 is 0 Å². The zero-order chi connectivity index (χ0) is 13.8. The molecule has 1 heterocycles. The number of hydrogen-bond donors (Lipinski definition) is 1. The molecule has 0 bridgehead atoms. The first-order valence-electron chi connectivity index (χ1n) is 6.25. The smallest absolute Gasteiger partial charge is 0.248 e. The maximum absolute atomic E-state index is 12.3. The molecule has 2 rings (SSSR count). The van der Waals surface area contributed by atoms with Gasteiger partial charge < -0.3 is 10.6 Å². The molecule has 19 heavy (non-hydrogen) atoms. The Kier molecular flexibility index (Phi) is 3.85. The molecule has 0 aliphatic rings. The minimum absolute atomic E-state index is 0.00514. The number of amides is 1. The second-order valence-corrected chi connectivity index (χ2v) is 4.44. The largest absolute Gasteiger partial charge is 0.396 e. The van der Waals surface area contributed by atoms with E-state index in [1.165, 1.54) is 11.8 Å². The van der Waals surface area contributed by atoms with E-state index in [4.69, 9.17) is 5.73 Å². The van der Waals surface area contributed by atoms with Gasteiger partial charge >= 0.3 is 0 Å². The number of nitrogen functional groups attached to an aromatic ring is 1. The highest BCUT2D eigenvalue weighted by molar-refractivity contribution is 5.93. The van der Waals surface area contributed by atoms with Gasteiger partial charge in [-0.3, -0.25) is 9.48 Å². The van der Waals surface area contributed by atoms with Gasteiger partial charge in [0.2, 0.25) is 5.91 Å². The summed E-state index contributed by atoms with van der Waals surface area (Å²) in [6, 6.07) is 7.90. The zero-order valence-electron chi connectivity index (χ0n) is 11.2. The minimum Gasteiger partial charge on any atom is -0.396 e. The summed E-state index contributed by atoms with van der Waals surface area (Å²) in [5.74, 6) is -0.00514. The third-order valence-corrected chi connectivity index (χ3v) is 2.91. The number of anilines is 2. The molecule has 0 fully saturated rings. The highest BCUT2D eigenvalue weighted by atomic mass is 16.2. The Hall–Kier alpha value is -2.30. The first kappa shape index (κ1) is 13.1. The van der Waals surface area contributed by atoms with Crippen LogP contribution in [-0.4, -0.2) is 22.2 Å². The third-order valence-electron chi connectivity index (χ3n) is 2.91. The zero-order valence-corrected chi connectivity index (χ0v) is 11.2. The van der Waals surface area contributed by atoms with Gasteiger partial charge in [0.25, 0.3) is 0 Å². The number of aryl methyl sites for hydroxylation is 1. The number of hydrogen-bond acceptors (Lipinski definition) is 3. The molecule has 0 spiro atoms. The molecule has 0 saturated heterocycles. The second kappa shape index (κ2) is 5.56. The highest BCUT2D eigenvalue weighted by Gasteiger charge is 2.14. The van der Waals surface area contributed by atoms with Crippen LogP contribution in [0.15, 0.2) is 36.7 Å². The third kappa shape index (κ3) is 3.13. The predicted molar refractivity (Wildman–Crippen MR) is 75.8 cm³/mol. The van der Waals surface area contributed by atoms with Crippen molar-refractivity contribution in [2.24, 2.45) is 0 Å². The van der Waals surface area contributed by atoms with E-state index in [0.717, 1.165) is 5.69 Å². The van der Waals surface area contributed by atoms with Crippen LogP contribution in [0, 0.1) is 6.92 Å². The van der Waals surface area contributed by atoms with Gasteiger partial charge in [0.05, 0.1) is 11.9 Å². The summed E-state index contributed by atoms with van der Waals surface area (Å²) < 4.78 is 1.55. The fraction of sp³-hybridized carbons (Fsp3) is 0.286. The van der Waals surface area contributed by atoms with E-state index in [-0.39, 0.29) is 12.5 Å². The van der Waals surface area contributed by atoms with Crippen LogP contribution in [0.4, 0.5) is 11.4 Å². The molecule has 0 unspecified atom stereocenters. The number of likely N-dealkylation sites (N-methyl/N-ethyl adjacent to an activating group) is 1. The number of nitrogens with two attached hydrogens (primary N) is 1. The van der Waals surface area contributed by atoms with Crippen molar-refractivity contribution in [1.29, 1.82) is 0 Å². The first-order valence-corrected chi connectivity index (χ1v) is 6.25. The van der Waals surface area contributed by atoms with E-state index in [1.54, 1.807) is 15.8 Å². The lowest BCUT2D eigenvalue weighted by atomic mass is 10.2. The summed E-state index contributed by atoms with van der Waals surface area (Å²) in [5, 5.41) is 4.02. The molecule has 1 amide bonds. The fourth-order valence-electron chi connectivity index (χ4n) is 1.92. The van der Waals surface area contributed by atoms with E-state index in [2.05, 4.69) is 5.10 Å². The molecular weight excluding hydrogens is 240 g/mol. The number of carbonyl (C=O) groups is 1. The molecule has 5 nitrogen and oxygen atoms in total. The second-order valence-electron chi connectivity index (χ2n) is 4.44. The average Bonchev–Trinajstić information content (AvgIpc) is 2.78. The van der Waals surface area contributed by atoms with Gasteiger partial charge in [-0.15, -0.1) is 0 Å². The van der Waals surface area contributed by atoms with Crippen molar-refractivity contribution in [1.82, 2.24) is 9.78 Å². The van der Waals surface area contributed by atoms with Crippen LogP contribution in [0.2, 0.25) is 0 Å². The number of carbonyl (C=O) groups excluding carboxylic acids is 1. The molecule has 0 aliphatic carbocycles. The molecule has 100 valence electrons. The lowest BCUT2D eigenvalue weighted by Crippen LogP contribution is -2.33. The van der Waals surface area contributed by atoms with Gasteiger partial charge in [-0.25, -0.2) is 0 Å². The quantitative estimate of drug-likeness (QED) is 0.910. The van der Waals surface area contributed by atoms with Crippen molar-refractivity contribution in [3.63, 3.8) is 0 Å². The van der Waals surface area contributed by atoms with Crippen LogP contribution in [-0.2, 0) is 11.3 Å². The normalized spacial score (nSPS) is 10.4. The Bertz CT molecular complexity index is 559. The SMILES string of the molecule is CCN(C(=O)Cn1cc(N)cn1)c1ccc(C)cc1. The molecule has 2 aromatic rings. The summed E-state index contributed by atoms with van der Waals surface area (Å²) in [6.45, 7) is 4.79. The van der Waals surface area contributed by atoms with Crippen LogP contribution in [0.25, 0.3) is 0 Å². The Morgan fingerprint density at radius 3 is 2.58 bits per heavy atom. The van der Waals surface area contributed by atoms with Crippen molar-refractivity contribution in [2.45, 2.75) is 20.4 Å². The van der Waals surface area contributed by atoms with Crippen molar-refractivity contribution in [3.8, 4) is 0 Å². The summed E-state index contributed by atoms with van der Waals surface area (Å²) in [5.41, 5.74) is 8.22. The topological polar surface area (TPSA) is 64.2 Å². The molecule has 0 aliphatic heterocycles. The van der Waals surface area contributed by atoms with Crippen LogP contribution in [0.3, 0.4) is 0 Å². The number of nitrogens with zero attached hydrogens (tertiary/aromatic N) is 3. The molecule has 0 saturated carbocycles. The Balaban J connectivity index is 2.13. The highest BCUT2D eigenvalue weighted by Crippen LogP contribution is 2.15. The lowest BCUT2D eigenvalue weighted by Gasteiger charge is -2.21. The van der Waals surface area contributed by atoms with E-state index < -0.39 is 0 Å². The molecule has 2 N–H and O–H groups in total. The summed E-state index contributed by atoms with van der Waals surface area (Å²) in [7, 11) is 0. The van der Waals surface area contributed by atoms with E-state index in [9.17, 15) is 4.79 Å². The monoisotopic (exact) mass is 258 g/mol. The summed E-state index contributed by atoms with van der Waals surface area (Å²) >= 11 is 0. The maximum atomic E-state index is 12.3. The van der Waals surface area contributed by atoms with Gasteiger partial charge in [0, 0.05) is 18.4 Å². The van der Waals surface area contributed by atoms with Crippen molar-refractivity contribution in [2.75, 3.05) is 17.2 Å². The number of aromatic nitrogens is 2. The first-order chi connectivity index (χ1) is 9.10. The molecule has 1 aromatic carbocycles. The van der Waals surface area contributed by atoms with E-state index >= 15 is 0 Å². The van der Waals surface area contributed by atoms with Crippen molar-refractivity contribution >= 4 is 17.3 Å². The average molecular weight is 258 g/mol. The summed E-state index contributed by atoms with van der Waals surface area (Å²) in [4.78, 5) is 14.0. The van der Waals surface area contributed by atoms with Crippen LogP contribution in [0.5, 0.6) is 0 Å². The molecule has 1 aromatic heterocycles. The molecule has 0 radical (unpaired) electrons. The van der Waals surface area contributed by atoms with Crippen LogP contribution < -0.4 is 10.6 Å². The van der Waals surface area contributed by atoms with Crippen molar-refractivity contribution in [3.05, 3.63) is 42.2 Å². The lowest BCUT2D eigenvalue weighted by molar-refractivity contribution is -0.119. The van der Waals surface area contributed by atoms with Crippen molar-refractivity contribution < 1.29 is 4.79 Å². The minimum atomic E-state index is -0.00514. The Labute approximate surface area is 112 Å². The van der Waals surface area contributed by atoms with E-state index in [0.29, 0.717) is 12.2 Å². The maximum Gasteiger partial charge on any atom is 0.248 e. The predicted octanol–water partition coefficient (Wildman–Crippen LogP) is 1.83. The van der Waals surface area contributed by atoms with Gasteiger partial charge in [0.15, 0.2) is 0 Å². The standard InChI is InChI=1S/C14H18N4O/c1-3-18(13-6-4-11(2)5-7-13)14(19)10-17-9-12(15)8-16-17/h4-9H,3,10,15H2,1-2H3. The van der Waals surface area contributed by atoms with Gasteiger partial charge in [-0.1, -0.05) is 17.7 Å². The number of rotatable bonds is 4. The molecule has 5 heteroatoms. The number of benzene rings is 1. The van der Waals surface area contributed by atoms with Gasteiger partial charge in [-0.2, -0.15) is 5.10 Å². The molecular formula is C14H18N4O. The van der Waals surface area contributed by atoms with Gasteiger partial charge in [-0.05, 0) is 26.0 Å². The molecule has 0 atom stereocenters. The van der Waals surface area contributed by atoms with Crippen LogP contribution in [0.1, 0.15) is 12.5 Å².